The van der Waals surface area contributed by atoms with Crippen LogP contribution in [0.3, 0.4) is 0 Å². The monoisotopic (exact) mass is 598 g/mol. The van der Waals surface area contributed by atoms with Gasteiger partial charge in [0.25, 0.3) is 0 Å². The summed E-state index contributed by atoms with van der Waals surface area (Å²) in [7, 11) is 0. The third-order valence-electron chi connectivity index (χ3n) is 10.1. The van der Waals surface area contributed by atoms with Crippen LogP contribution < -0.4 is 0 Å². The summed E-state index contributed by atoms with van der Waals surface area (Å²) in [6.07, 6.45) is 11.6. The summed E-state index contributed by atoms with van der Waals surface area (Å²) in [6.45, 7) is 6.52. The number of allylic oxidation sites excluding steroid dienone is 2. The second-order valence-corrected chi connectivity index (χ2v) is 14.3. The Labute approximate surface area is 265 Å². The highest BCUT2D eigenvalue weighted by Gasteiger charge is 2.38. The van der Waals surface area contributed by atoms with Gasteiger partial charge in [-0.3, -0.25) is 9.89 Å². The number of H-pyrrole nitrogens is 1. The molecular weight excluding hydrogens is 556 g/mol. The van der Waals surface area contributed by atoms with Crippen LogP contribution in [0.4, 0.5) is 4.79 Å². The van der Waals surface area contributed by atoms with Gasteiger partial charge in [-0.15, -0.1) is 0 Å². The smallest absolute Gasteiger partial charge is 0.410 e. The molecule has 1 aromatic heterocycles. The van der Waals surface area contributed by atoms with Crippen molar-refractivity contribution in [2.45, 2.75) is 96.1 Å². The molecule has 2 fully saturated rings. The van der Waals surface area contributed by atoms with E-state index in [1.54, 1.807) is 0 Å². The zero-order valence-corrected chi connectivity index (χ0v) is 26.7. The zero-order valence-electron chi connectivity index (χ0n) is 26.7. The first-order valence-corrected chi connectivity index (χ1v) is 16.8. The van der Waals surface area contributed by atoms with Crippen LogP contribution in [0, 0.1) is 0 Å². The van der Waals surface area contributed by atoms with Crippen LogP contribution in [0.1, 0.15) is 95.0 Å². The Kier molecular flexibility index (Phi) is 6.92. The molecule has 6 heteroatoms. The maximum absolute atomic E-state index is 13.0. The number of hydrogen-bond acceptors (Lipinski definition) is 4. The number of aromatic amines is 1. The number of imidazole rings is 1. The van der Waals surface area contributed by atoms with Gasteiger partial charge in [0.1, 0.15) is 11.4 Å². The molecule has 0 unspecified atom stereocenters. The predicted octanol–water partition coefficient (Wildman–Crippen LogP) is 9.46. The molecule has 2 aliphatic heterocycles. The molecular formula is C39H42N4O2. The van der Waals surface area contributed by atoms with Crippen LogP contribution in [-0.2, 0) is 11.2 Å². The molecule has 0 bridgehead atoms. The summed E-state index contributed by atoms with van der Waals surface area (Å²) in [5.74, 6) is 1.74. The molecule has 4 aliphatic rings. The lowest BCUT2D eigenvalue weighted by Crippen LogP contribution is -2.43. The van der Waals surface area contributed by atoms with Gasteiger partial charge in [0.05, 0.1) is 17.9 Å². The number of carbonyl (C=O) groups excluding carboxylic acids is 1. The van der Waals surface area contributed by atoms with E-state index < -0.39 is 5.60 Å². The number of hydrogen-bond donors (Lipinski definition) is 1. The van der Waals surface area contributed by atoms with Crippen molar-refractivity contribution in [3.8, 4) is 22.4 Å². The summed E-state index contributed by atoms with van der Waals surface area (Å²) >= 11 is 0. The SMILES string of the molecule is CC(C)(C)OC(=O)N1CCC[C@H]1C1=NC2=C(C1)c1ccc(-c3ccc4cc(-c5cnc(C6CCCC6)[nH]5)ccc4c3)cc1CC2. The van der Waals surface area contributed by atoms with E-state index in [4.69, 9.17) is 14.7 Å². The lowest BCUT2D eigenvalue weighted by molar-refractivity contribution is 0.0265. The average molecular weight is 599 g/mol. The fourth-order valence-corrected chi connectivity index (χ4v) is 7.88. The topological polar surface area (TPSA) is 70.6 Å². The number of nitrogens with zero attached hydrogens (tertiary/aromatic N) is 3. The lowest BCUT2D eigenvalue weighted by Gasteiger charge is -2.28. The van der Waals surface area contributed by atoms with Crippen molar-refractivity contribution in [1.29, 1.82) is 0 Å². The molecule has 6 nitrogen and oxygen atoms in total. The Bertz CT molecular complexity index is 1870. The number of aliphatic imine (C=N–C) groups is 1. The number of aromatic nitrogens is 2. The van der Waals surface area contributed by atoms with Gasteiger partial charge in [0.2, 0.25) is 0 Å². The van der Waals surface area contributed by atoms with Gasteiger partial charge < -0.3 is 9.72 Å². The fraction of sp³-hybridized carbons (Fsp3) is 0.410. The summed E-state index contributed by atoms with van der Waals surface area (Å²) in [4.78, 5) is 28.3. The van der Waals surface area contributed by atoms with E-state index in [1.165, 1.54) is 75.5 Å². The van der Waals surface area contributed by atoms with Gasteiger partial charge in [0.15, 0.2) is 0 Å². The van der Waals surface area contributed by atoms with Crippen LogP contribution in [0.25, 0.3) is 38.7 Å². The molecule has 3 heterocycles. The van der Waals surface area contributed by atoms with Gasteiger partial charge >= 0.3 is 6.09 Å². The van der Waals surface area contributed by atoms with Crippen molar-refractivity contribution in [1.82, 2.24) is 14.9 Å². The Hall–Kier alpha value is -4.19. The molecule has 3 aromatic carbocycles. The first-order valence-electron chi connectivity index (χ1n) is 16.8. The third-order valence-corrected chi connectivity index (χ3v) is 10.1. The van der Waals surface area contributed by atoms with E-state index in [0.29, 0.717) is 5.92 Å². The van der Waals surface area contributed by atoms with Crippen molar-refractivity contribution in [2.75, 3.05) is 6.54 Å². The number of likely N-dealkylation sites (tertiary alicyclic amines) is 1. The molecule has 1 N–H and O–H groups in total. The number of fused-ring (bicyclic) bond motifs is 3. The number of carbonyl (C=O) groups is 1. The molecule has 1 saturated carbocycles. The molecule has 1 saturated heterocycles. The minimum Gasteiger partial charge on any atom is -0.444 e. The van der Waals surface area contributed by atoms with Gasteiger partial charge in [-0.2, -0.15) is 0 Å². The Morgan fingerprint density at radius 2 is 1.62 bits per heavy atom. The van der Waals surface area contributed by atoms with Crippen LogP contribution in [0.5, 0.6) is 0 Å². The molecule has 230 valence electrons. The molecule has 45 heavy (non-hydrogen) atoms. The Morgan fingerprint density at radius 1 is 0.889 bits per heavy atom. The summed E-state index contributed by atoms with van der Waals surface area (Å²) in [5, 5.41) is 2.48. The first-order chi connectivity index (χ1) is 21.8. The standard InChI is InChI=1S/C39H42N4O2/c1-39(2,3)45-38(44)43-18-6-9-36(43)34-22-32-31-16-14-28(20-29(31)15-17-33(32)41-34)25-10-11-27-21-30(13-12-26(27)19-25)35-23-40-37(42-35)24-7-4-5-8-24/h10-14,16,19-21,23-24,36H,4-9,15,17-18,22H2,1-3H3,(H,40,42)/t36-/m0/s1. The number of aryl methyl sites for hydroxylation is 1. The Morgan fingerprint density at radius 3 is 2.42 bits per heavy atom. The molecule has 1 amide bonds. The first kappa shape index (κ1) is 28.3. The summed E-state index contributed by atoms with van der Waals surface area (Å²) in [6, 6.07) is 20.5. The lowest BCUT2D eigenvalue weighted by atomic mass is 9.85. The van der Waals surface area contributed by atoms with Gasteiger partial charge in [0, 0.05) is 35.9 Å². The zero-order chi connectivity index (χ0) is 30.7. The van der Waals surface area contributed by atoms with Crippen molar-refractivity contribution >= 4 is 28.2 Å². The van der Waals surface area contributed by atoms with Crippen molar-refractivity contribution < 1.29 is 9.53 Å². The van der Waals surface area contributed by atoms with Crippen molar-refractivity contribution in [3.63, 3.8) is 0 Å². The van der Waals surface area contributed by atoms with Crippen LogP contribution >= 0.6 is 0 Å². The van der Waals surface area contributed by atoms with Crippen molar-refractivity contribution in [2.24, 2.45) is 4.99 Å². The summed E-state index contributed by atoms with van der Waals surface area (Å²) in [5.41, 5.74) is 10.7. The number of amides is 1. The second-order valence-electron chi connectivity index (χ2n) is 14.3. The van der Waals surface area contributed by atoms with E-state index in [-0.39, 0.29) is 12.1 Å². The second kappa shape index (κ2) is 11.0. The number of benzene rings is 3. The number of ether oxygens (including phenoxy) is 1. The maximum atomic E-state index is 13.0. The molecule has 8 rings (SSSR count). The number of nitrogens with one attached hydrogen (secondary N) is 1. The fourth-order valence-electron chi connectivity index (χ4n) is 7.88. The van der Waals surface area contributed by atoms with E-state index in [2.05, 4.69) is 59.6 Å². The molecule has 0 spiro atoms. The molecule has 0 radical (unpaired) electrons. The molecule has 2 aliphatic carbocycles. The highest BCUT2D eigenvalue weighted by Crippen LogP contribution is 2.42. The largest absolute Gasteiger partial charge is 0.444 e. The number of rotatable bonds is 4. The van der Waals surface area contributed by atoms with E-state index in [9.17, 15) is 4.79 Å². The van der Waals surface area contributed by atoms with Crippen LogP contribution in [-0.4, -0.2) is 44.9 Å². The predicted molar refractivity (Wildman–Crippen MR) is 181 cm³/mol. The normalized spacial score (nSPS) is 20.1. The van der Waals surface area contributed by atoms with E-state index in [1.807, 2.05) is 31.9 Å². The third kappa shape index (κ3) is 5.38. The highest BCUT2D eigenvalue weighted by molar-refractivity contribution is 6.05. The van der Waals surface area contributed by atoms with E-state index in [0.717, 1.165) is 55.9 Å². The van der Waals surface area contributed by atoms with E-state index >= 15 is 0 Å². The summed E-state index contributed by atoms with van der Waals surface area (Å²) < 4.78 is 5.73. The molecule has 4 aromatic rings. The van der Waals surface area contributed by atoms with Gasteiger partial charge in [-0.25, -0.2) is 9.78 Å². The van der Waals surface area contributed by atoms with Gasteiger partial charge in [-0.1, -0.05) is 55.3 Å². The maximum Gasteiger partial charge on any atom is 0.410 e. The minimum atomic E-state index is -0.497. The molecule has 1 atom stereocenters. The van der Waals surface area contributed by atoms with Gasteiger partial charge in [-0.05, 0) is 110 Å². The highest BCUT2D eigenvalue weighted by atomic mass is 16.6. The average Bonchev–Trinajstić information content (AvgIpc) is 3.85. The quantitative estimate of drug-likeness (QED) is 0.254. The van der Waals surface area contributed by atoms with Crippen LogP contribution in [0.15, 0.2) is 71.5 Å². The minimum absolute atomic E-state index is 0.0360. The Balaban J connectivity index is 0.997. The van der Waals surface area contributed by atoms with Crippen molar-refractivity contribution in [3.05, 3.63) is 83.4 Å². The van der Waals surface area contributed by atoms with Crippen LogP contribution in [0.2, 0.25) is 0 Å².